The van der Waals surface area contributed by atoms with Gasteiger partial charge in [0.15, 0.2) is 0 Å². The number of carbonyl (C=O) groups excluding carboxylic acids is 1. The number of rotatable bonds is 2. The number of ether oxygens (including phenoxy) is 1. The summed E-state index contributed by atoms with van der Waals surface area (Å²) < 4.78 is 5.24. The van der Waals surface area contributed by atoms with E-state index in [1.165, 1.54) is 0 Å². The fourth-order valence-corrected chi connectivity index (χ4v) is 1.52. The van der Waals surface area contributed by atoms with E-state index < -0.39 is 5.41 Å². The smallest absolute Gasteiger partial charge is 0.232 e. The molecule has 0 radical (unpaired) electrons. The van der Waals surface area contributed by atoms with Gasteiger partial charge in [-0.25, -0.2) is 0 Å². The summed E-state index contributed by atoms with van der Waals surface area (Å²) in [4.78, 5) is 13.7. The topological polar surface area (TPSA) is 29.5 Å². The van der Waals surface area contributed by atoms with Crippen molar-refractivity contribution in [1.82, 2.24) is 0 Å². The highest BCUT2D eigenvalue weighted by Crippen LogP contribution is 2.29. The monoisotopic (exact) mass is 221 g/mol. The Balaban J connectivity index is 3.05. The SMILES string of the molecule is COc1ccccc1N(C)C(=O)C(C)(C)C. The molecule has 0 fully saturated rings. The molecule has 1 amide bonds. The summed E-state index contributed by atoms with van der Waals surface area (Å²) >= 11 is 0. The number of hydrogen-bond acceptors (Lipinski definition) is 2. The van der Waals surface area contributed by atoms with Crippen LogP contribution in [0.4, 0.5) is 5.69 Å². The van der Waals surface area contributed by atoms with Gasteiger partial charge in [-0.2, -0.15) is 0 Å². The van der Waals surface area contributed by atoms with Gasteiger partial charge >= 0.3 is 0 Å². The van der Waals surface area contributed by atoms with E-state index in [1.807, 2.05) is 45.0 Å². The molecule has 3 nitrogen and oxygen atoms in total. The summed E-state index contributed by atoms with van der Waals surface area (Å²) in [7, 11) is 3.37. The molecule has 0 aliphatic rings. The predicted octanol–water partition coefficient (Wildman–Crippen LogP) is 2.70. The van der Waals surface area contributed by atoms with Crippen LogP contribution in [0.2, 0.25) is 0 Å². The van der Waals surface area contributed by atoms with Gasteiger partial charge in [0.2, 0.25) is 5.91 Å². The number of methoxy groups -OCH3 is 1. The molecular formula is C13H19NO2. The minimum atomic E-state index is -0.393. The molecule has 0 aliphatic carbocycles. The average Bonchev–Trinajstić information content (AvgIpc) is 2.25. The maximum Gasteiger partial charge on any atom is 0.232 e. The lowest BCUT2D eigenvalue weighted by Gasteiger charge is -2.27. The van der Waals surface area contributed by atoms with Crippen molar-refractivity contribution in [2.75, 3.05) is 19.1 Å². The molecule has 0 saturated carbocycles. The van der Waals surface area contributed by atoms with Gasteiger partial charge in [0, 0.05) is 12.5 Å². The van der Waals surface area contributed by atoms with Crippen molar-refractivity contribution >= 4 is 11.6 Å². The van der Waals surface area contributed by atoms with Gasteiger partial charge in [0.25, 0.3) is 0 Å². The summed E-state index contributed by atoms with van der Waals surface area (Å²) in [6.45, 7) is 5.71. The Hall–Kier alpha value is -1.51. The van der Waals surface area contributed by atoms with E-state index in [1.54, 1.807) is 19.1 Å². The fraction of sp³-hybridized carbons (Fsp3) is 0.462. The van der Waals surface area contributed by atoms with Crippen molar-refractivity contribution < 1.29 is 9.53 Å². The molecule has 16 heavy (non-hydrogen) atoms. The lowest BCUT2D eigenvalue weighted by molar-refractivity contribution is -0.125. The summed E-state index contributed by atoms with van der Waals surface area (Å²) in [6.07, 6.45) is 0. The maximum absolute atomic E-state index is 12.1. The minimum Gasteiger partial charge on any atom is -0.495 e. The van der Waals surface area contributed by atoms with Crippen molar-refractivity contribution in [3.63, 3.8) is 0 Å². The Morgan fingerprint density at radius 2 is 1.81 bits per heavy atom. The molecule has 88 valence electrons. The van der Waals surface area contributed by atoms with Gasteiger partial charge < -0.3 is 9.64 Å². The molecule has 0 bridgehead atoms. The van der Waals surface area contributed by atoms with E-state index in [2.05, 4.69) is 0 Å². The number of amides is 1. The van der Waals surface area contributed by atoms with Crippen LogP contribution < -0.4 is 9.64 Å². The summed E-state index contributed by atoms with van der Waals surface area (Å²) in [5.41, 5.74) is 0.403. The fourth-order valence-electron chi connectivity index (χ4n) is 1.52. The molecule has 0 spiro atoms. The summed E-state index contributed by atoms with van der Waals surface area (Å²) in [6, 6.07) is 7.51. The van der Waals surface area contributed by atoms with Crippen LogP contribution in [0, 0.1) is 5.41 Å². The van der Waals surface area contributed by atoms with Crippen molar-refractivity contribution in [3.05, 3.63) is 24.3 Å². The highest BCUT2D eigenvalue weighted by atomic mass is 16.5. The lowest BCUT2D eigenvalue weighted by Crippen LogP contribution is -2.36. The van der Waals surface area contributed by atoms with Crippen LogP contribution in [0.3, 0.4) is 0 Å². The van der Waals surface area contributed by atoms with Gasteiger partial charge in [0.1, 0.15) is 5.75 Å². The highest BCUT2D eigenvalue weighted by molar-refractivity contribution is 5.97. The molecule has 0 unspecified atom stereocenters. The summed E-state index contributed by atoms with van der Waals surface area (Å²) in [5, 5.41) is 0. The Bertz CT molecular complexity index is 380. The zero-order valence-electron chi connectivity index (χ0n) is 10.6. The largest absolute Gasteiger partial charge is 0.495 e. The number of anilines is 1. The summed E-state index contributed by atoms with van der Waals surface area (Å²) in [5.74, 6) is 0.777. The van der Waals surface area contributed by atoms with Crippen molar-refractivity contribution in [2.24, 2.45) is 5.41 Å². The standard InChI is InChI=1S/C13H19NO2/c1-13(2,3)12(15)14(4)10-8-6-7-9-11(10)16-5/h6-9H,1-5H3. The van der Waals surface area contributed by atoms with E-state index in [-0.39, 0.29) is 5.91 Å². The van der Waals surface area contributed by atoms with Crippen LogP contribution in [0.15, 0.2) is 24.3 Å². The molecule has 1 aromatic carbocycles. The molecule has 0 N–H and O–H groups in total. The zero-order valence-corrected chi connectivity index (χ0v) is 10.6. The first kappa shape index (κ1) is 12.6. The number of nitrogens with zero attached hydrogens (tertiary/aromatic N) is 1. The molecular weight excluding hydrogens is 202 g/mol. The Kier molecular flexibility index (Phi) is 3.58. The van der Waals surface area contributed by atoms with Crippen molar-refractivity contribution in [1.29, 1.82) is 0 Å². The Labute approximate surface area is 97.0 Å². The molecule has 0 aliphatic heterocycles. The van der Waals surface area contributed by atoms with Crippen LogP contribution in [0.5, 0.6) is 5.75 Å². The van der Waals surface area contributed by atoms with E-state index in [0.717, 1.165) is 5.69 Å². The van der Waals surface area contributed by atoms with Gasteiger partial charge in [-0.1, -0.05) is 32.9 Å². The molecule has 0 aromatic heterocycles. The van der Waals surface area contributed by atoms with Crippen LogP contribution in [0.1, 0.15) is 20.8 Å². The number of benzene rings is 1. The van der Waals surface area contributed by atoms with E-state index >= 15 is 0 Å². The van der Waals surface area contributed by atoms with Crippen LogP contribution >= 0.6 is 0 Å². The second-order valence-corrected chi connectivity index (χ2v) is 4.79. The predicted molar refractivity (Wildman–Crippen MR) is 65.9 cm³/mol. The normalized spacial score (nSPS) is 11.1. The average molecular weight is 221 g/mol. The third kappa shape index (κ3) is 2.54. The minimum absolute atomic E-state index is 0.0667. The number of hydrogen-bond donors (Lipinski definition) is 0. The first-order chi connectivity index (χ1) is 7.38. The maximum atomic E-state index is 12.1. The van der Waals surface area contributed by atoms with Gasteiger partial charge in [-0.3, -0.25) is 4.79 Å². The molecule has 0 heterocycles. The van der Waals surface area contributed by atoms with Gasteiger partial charge in [-0.05, 0) is 12.1 Å². The van der Waals surface area contributed by atoms with Crippen LogP contribution in [0.25, 0.3) is 0 Å². The quantitative estimate of drug-likeness (QED) is 0.768. The molecule has 1 rings (SSSR count). The number of para-hydroxylation sites is 2. The number of carbonyl (C=O) groups is 1. The van der Waals surface area contributed by atoms with Crippen molar-refractivity contribution in [2.45, 2.75) is 20.8 Å². The molecule has 3 heteroatoms. The van der Waals surface area contributed by atoms with Crippen LogP contribution in [-0.4, -0.2) is 20.1 Å². The third-order valence-corrected chi connectivity index (χ3v) is 2.39. The second kappa shape index (κ2) is 4.56. The van der Waals surface area contributed by atoms with Crippen LogP contribution in [-0.2, 0) is 4.79 Å². The lowest BCUT2D eigenvalue weighted by atomic mass is 9.94. The first-order valence-corrected chi connectivity index (χ1v) is 5.29. The Morgan fingerprint density at radius 3 is 2.31 bits per heavy atom. The van der Waals surface area contributed by atoms with E-state index in [4.69, 9.17) is 4.74 Å². The van der Waals surface area contributed by atoms with Gasteiger partial charge in [0.05, 0.1) is 12.8 Å². The van der Waals surface area contributed by atoms with Crippen molar-refractivity contribution in [3.8, 4) is 5.75 Å². The second-order valence-electron chi connectivity index (χ2n) is 4.79. The highest BCUT2D eigenvalue weighted by Gasteiger charge is 2.26. The first-order valence-electron chi connectivity index (χ1n) is 5.29. The van der Waals surface area contributed by atoms with Gasteiger partial charge in [-0.15, -0.1) is 0 Å². The molecule has 0 saturated heterocycles. The third-order valence-electron chi connectivity index (χ3n) is 2.39. The zero-order chi connectivity index (χ0) is 12.3. The molecule has 0 atom stereocenters. The molecule has 1 aromatic rings. The Morgan fingerprint density at radius 1 is 1.25 bits per heavy atom. The van der Waals surface area contributed by atoms with E-state index in [9.17, 15) is 4.79 Å². The van der Waals surface area contributed by atoms with E-state index in [0.29, 0.717) is 5.75 Å².